The molecule has 0 unspecified atom stereocenters. The largest absolute Gasteiger partial charge is 0.378 e. The number of thiazole rings is 1. The summed E-state index contributed by atoms with van der Waals surface area (Å²) in [5.74, 6) is 0.169. The van der Waals surface area contributed by atoms with Crippen molar-refractivity contribution in [3.63, 3.8) is 0 Å². The lowest BCUT2D eigenvalue weighted by molar-refractivity contribution is 0.181. The van der Waals surface area contributed by atoms with Gasteiger partial charge < -0.3 is 10.1 Å². The highest BCUT2D eigenvalue weighted by Gasteiger charge is 2.16. The number of ether oxygens (including phenoxy) is 1. The van der Waals surface area contributed by atoms with Crippen LogP contribution in [-0.4, -0.2) is 33.3 Å². The zero-order valence-electron chi connectivity index (χ0n) is 10.3. The fraction of sp³-hybridized carbons (Fsp3) is 0.700. The zero-order chi connectivity index (χ0) is 12.9. The molecule has 98 valence electrons. The molecule has 5 nitrogen and oxygen atoms in total. The van der Waals surface area contributed by atoms with Crippen LogP contribution in [0.15, 0.2) is 0 Å². The number of rotatable bonds is 7. The highest BCUT2D eigenvalue weighted by atomic mass is 32.2. The summed E-state index contributed by atoms with van der Waals surface area (Å²) in [7, 11) is 0.429. The Kier molecular flexibility index (Phi) is 5.51. The third kappa shape index (κ3) is 4.34. The van der Waals surface area contributed by atoms with E-state index in [4.69, 9.17) is 4.74 Å². The Hall–Kier alpha value is -0.500. The second kappa shape index (κ2) is 6.44. The molecule has 0 bridgehead atoms. The molecular weight excluding hydrogens is 260 g/mol. The molecule has 1 N–H and O–H groups in total. The average Bonchev–Trinajstić information content (AvgIpc) is 2.61. The predicted octanol–water partition coefficient (Wildman–Crippen LogP) is 0.944. The van der Waals surface area contributed by atoms with Crippen LogP contribution in [0, 0.1) is 0 Å². The Morgan fingerprint density at radius 1 is 1.47 bits per heavy atom. The first-order valence-corrected chi connectivity index (χ1v) is 7.97. The Balaban J connectivity index is 2.91. The van der Waals surface area contributed by atoms with Crippen molar-refractivity contribution in [1.29, 1.82) is 0 Å². The number of nitrogens with one attached hydrogen (secondary N) is 1. The van der Waals surface area contributed by atoms with Crippen LogP contribution in [0.2, 0.25) is 0 Å². The van der Waals surface area contributed by atoms with Crippen LogP contribution in [-0.2, 0) is 33.5 Å². The minimum Gasteiger partial charge on any atom is -0.378 e. The van der Waals surface area contributed by atoms with Crippen LogP contribution >= 0.6 is 11.3 Å². The number of hydrogen-bond acceptors (Lipinski definition) is 6. The second-order valence-corrected chi connectivity index (χ2v) is 7.14. The van der Waals surface area contributed by atoms with Crippen LogP contribution in [0.1, 0.15) is 22.5 Å². The summed E-state index contributed by atoms with van der Waals surface area (Å²) in [6.45, 7) is 2.75. The van der Waals surface area contributed by atoms with Gasteiger partial charge in [-0.1, -0.05) is 6.92 Å². The molecule has 0 aliphatic carbocycles. The minimum atomic E-state index is -3.02. The van der Waals surface area contributed by atoms with Crippen molar-refractivity contribution < 1.29 is 13.2 Å². The first-order chi connectivity index (χ1) is 8.02. The van der Waals surface area contributed by atoms with Crippen molar-refractivity contribution in [2.45, 2.75) is 25.8 Å². The molecule has 1 heterocycles. The number of sulfone groups is 1. The highest BCUT2D eigenvalue weighted by Crippen LogP contribution is 2.21. The monoisotopic (exact) mass is 278 g/mol. The fourth-order valence-corrected chi connectivity index (χ4v) is 3.64. The number of hydrogen-bond donors (Lipinski definition) is 1. The van der Waals surface area contributed by atoms with Crippen molar-refractivity contribution in [3.05, 3.63) is 15.6 Å². The molecule has 1 aromatic rings. The van der Waals surface area contributed by atoms with Gasteiger partial charge in [-0.3, -0.25) is 0 Å². The van der Waals surface area contributed by atoms with Gasteiger partial charge in [0.1, 0.15) is 10.8 Å². The molecule has 1 rings (SSSR count). The molecule has 0 radical (unpaired) electrons. The van der Waals surface area contributed by atoms with Gasteiger partial charge in [-0.05, 0) is 7.05 Å². The molecule has 0 aliphatic rings. The van der Waals surface area contributed by atoms with Gasteiger partial charge in [-0.2, -0.15) is 0 Å². The Bertz CT molecular complexity index is 431. The summed E-state index contributed by atoms with van der Waals surface area (Å²) in [5.41, 5.74) is 0.827. The number of aromatic nitrogens is 1. The maximum atomic E-state index is 11.5. The summed E-state index contributed by atoms with van der Waals surface area (Å²) in [5, 5.41) is 3.68. The van der Waals surface area contributed by atoms with E-state index in [1.54, 1.807) is 14.0 Å². The molecule has 0 fully saturated rings. The second-order valence-electron chi connectivity index (χ2n) is 3.62. The third-order valence-corrected chi connectivity index (χ3v) is 5.10. The predicted molar refractivity (Wildman–Crippen MR) is 68.8 cm³/mol. The van der Waals surface area contributed by atoms with Gasteiger partial charge in [0, 0.05) is 24.3 Å². The standard InChI is InChI=1S/C10H18N2O3S2/c1-4-17(13,14)7-10-12-8(6-15-3)9(16-10)5-11-2/h11H,4-7H2,1-3H3. The molecular formula is C10H18N2O3S2. The van der Waals surface area contributed by atoms with Crippen molar-refractivity contribution in [1.82, 2.24) is 10.3 Å². The van der Waals surface area contributed by atoms with Gasteiger partial charge in [0.15, 0.2) is 9.84 Å². The Morgan fingerprint density at radius 2 is 2.18 bits per heavy atom. The van der Waals surface area contributed by atoms with Gasteiger partial charge in [0.25, 0.3) is 0 Å². The van der Waals surface area contributed by atoms with Gasteiger partial charge in [-0.25, -0.2) is 13.4 Å². The first kappa shape index (κ1) is 14.6. The first-order valence-electron chi connectivity index (χ1n) is 5.33. The molecule has 7 heteroatoms. The number of nitrogens with zero attached hydrogens (tertiary/aromatic N) is 1. The van der Waals surface area contributed by atoms with E-state index >= 15 is 0 Å². The average molecular weight is 278 g/mol. The molecule has 0 aromatic carbocycles. The van der Waals surface area contributed by atoms with E-state index in [9.17, 15) is 8.42 Å². The fourth-order valence-electron chi connectivity index (χ4n) is 1.34. The highest BCUT2D eigenvalue weighted by molar-refractivity contribution is 7.90. The van der Waals surface area contributed by atoms with Crippen molar-refractivity contribution in [2.75, 3.05) is 19.9 Å². The maximum absolute atomic E-state index is 11.5. The lowest BCUT2D eigenvalue weighted by atomic mass is 10.4. The summed E-state index contributed by atoms with van der Waals surface area (Å²) in [6.07, 6.45) is 0. The molecule has 0 spiro atoms. The van der Waals surface area contributed by atoms with Crippen LogP contribution < -0.4 is 5.32 Å². The van der Waals surface area contributed by atoms with E-state index in [1.165, 1.54) is 11.3 Å². The van der Waals surface area contributed by atoms with E-state index in [1.807, 2.05) is 7.05 Å². The Labute approximate surface area is 106 Å². The summed E-state index contributed by atoms with van der Waals surface area (Å²) >= 11 is 1.43. The van der Waals surface area contributed by atoms with E-state index in [-0.39, 0.29) is 11.5 Å². The van der Waals surface area contributed by atoms with Crippen molar-refractivity contribution >= 4 is 21.2 Å². The quantitative estimate of drug-likeness (QED) is 0.804. The maximum Gasteiger partial charge on any atom is 0.156 e. The summed E-state index contributed by atoms with van der Waals surface area (Å²) in [6, 6.07) is 0. The van der Waals surface area contributed by atoms with E-state index in [0.717, 1.165) is 10.6 Å². The SMILES string of the molecule is CCS(=O)(=O)Cc1nc(COC)c(CNC)s1. The Morgan fingerprint density at radius 3 is 2.71 bits per heavy atom. The summed E-state index contributed by atoms with van der Waals surface area (Å²) in [4.78, 5) is 5.36. The lowest BCUT2D eigenvalue weighted by Crippen LogP contribution is -2.06. The lowest BCUT2D eigenvalue weighted by Gasteiger charge is -1.98. The summed E-state index contributed by atoms with van der Waals surface area (Å²) < 4.78 is 28.1. The van der Waals surface area contributed by atoms with Crippen LogP contribution in [0.4, 0.5) is 0 Å². The van der Waals surface area contributed by atoms with Crippen LogP contribution in [0.25, 0.3) is 0 Å². The van der Waals surface area contributed by atoms with Gasteiger partial charge in [0.05, 0.1) is 12.3 Å². The topological polar surface area (TPSA) is 68.3 Å². The molecule has 1 aromatic heterocycles. The van der Waals surface area contributed by atoms with Crippen molar-refractivity contribution in [2.24, 2.45) is 0 Å². The van der Waals surface area contributed by atoms with Crippen LogP contribution in [0.3, 0.4) is 0 Å². The molecule has 0 amide bonds. The van der Waals surface area contributed by atoms with Crippen LogP contribution in [0.5, 0.6) is 0 Å². The normalized spacial score (nSPS) is 11.9. The van der Waals surface area contributed by atoms with E-state index in [0.29, 0.717) is 18.2 Å². The van der Waals surface area contributed by atoms with E-state index in [2.05, 4.69) is 10.3 Å². The zero-order valence-corrected chi connectivity index (χ0v) is 11.9. The molecule has 0 aliphatic heterocycles. The third-order valence-electron chi connectivity index (χ3n) is 2.22. The minimum absolute atomic E-state index is 0.0224. The van der Waals surface area contributed by atoms with Gasteiger partial charge >= 0.3 is 0 Å². The van der Waals surface area contributed by atoms with E-state index < -0.39 is 9.84 Å². The molecule has 17 heavy (non-hydrogen) atoms. The van der Waals surface area contributed by atoms with Crippen molar-refractivity contribution in [3.8, 4) is 0 Å². The van der Waals surface area contributed by atoms with Gasteiger partial charge in [0.2, 0.25) is 0 Å². The number of methoxy groups -OCH3 is 1. The van der Waals surface area contributed by atoms with Gasteiger partial charge in [-0.15, -0.1) is 11.3 Å². The molecule has 0 atom stereocenters. The molecule has 0 saturated heterocycles. The smallest absolute Gasteiger partial charge is 0.156 e. The molecule has 0 saturated carbocycles.